The fourth-order valence-electron chi connectivity index (χ4n) is 4.28. The van der Waals surface area contributed by atoms with Crippen molar-refractivity contribution in [1.82, 2.24) is 20.1 Å². The number of fused-ring (bicyclic) bond motifs is 1. The molecule has 0 spiro atoms. The molecule has 9 heteroatoms. The maximum Gasteiger partial charge on any atom is 0.327 e. The van der Waals surface area contributed by atoms with Gasteiger partial charge in [-0.05, 0) is 55.3 Å². The zero-order valence-corrected chi connectivity index (χ0v) is 18.1. The molecule has 168 valence electrons. The number of Topliss-reactive ketones (excluding diaryl/α,β-unsaturated/α-hetero) is 1. The quantitative estimate of drug-likeness (QED) is 0.659. The van der Waals surface area contributed by atoms with Gasteiger partial charge in [-0.15, -0.1) is 0 Å². The van der Waals surface area contributed by atoms with Crippen LogP contribution >= 0.6 is 0 Å². The van der Waals surface area contributed by atoms with E-state index in [1.54, 1.807) is 42.7 Å². The van der Waals surface area contributed by atoms with Gasteiger partial charge in [0.15, 0.2) is 17.3 Å². The first kappa shape index (κ1) is 21.8. The Kier molecular flexibility index (Phi) is 6.36. The number of hydrogen-bond donors (Lipinski definition) is 1. The van der Waals surface area contributed by atoms with E-state index >= 15 is 0 Å². The normalized spacial score (nSPS) is 20.7. The number of aromatic nitrogens is 1. The van der Waals surface area contributed by atoms with Crippen molar-refractivity contribution in [2.45, 2.75) is 31.5 Å². The summed E-state index contributed by atoms with van der Waals surface area (Å²) in [5.41, 5.74) is 1.20. The fourth-order valence-corrected chi connectivity index (χ4v) is 4.28. The number of urea groups is 1. The number of ether oxygens (including phenoxy) is 2. The number of nitrogens with one attached hydrogen (secondary N) is 1. The minimum atomic E-state index is -0.526. The Bertz CT molecular complexity index is 1010. The molecule has 2 saturated heterocycles. The highest BCUT2D eigenvalue weighted by Gasteiger charge is 2.47. The molecule has 3 heterocycles. The van der Waals surface area contributed by atoms with Crippen LogP contribution in [-0.2, 0) is 11.3 Å². The second-order valence-electron chi connectivity index (χ2n) is 7.82. The predicted octanol–water partition coefficient (Wildman–Crippen LogP) is 1.87. The highest BCUT2D eigenvalue weighted by molar-refractivity contribution is 6.04. The number of pyridine rings is 1. The summed E-state index contributed by atoms with van der Waals surface area (Å²) in [4.78, 5) is 46.3. The Morgan fingerprint density at radius 1 is 1.12 bits per heavy atom. The van der Waals surface area contributed by atoms with Crippen LogP contribution in [0.1, 0.15) is 28.8 Å². The lowest BCUT2D eigenvalue weighted by atomic mass is 9.92. The summed E-state index contributed by atoms with van der Waals surface area (Å²) >= 11 is 0. The monoisotopic (exact) mass is 438 g/mol. The maximum absolute atomic E-state index is 13.4. The van der Waals surface area contributed by atoms with Crippen molar-refractivity contribution in [2.24, 2.45) is 0 Å². The molecule has 2 aliphatic rings. The van der Waals surface area contributed by atoms with Gasteiger partial charge in [-0.1, -0.05) is 0 Å². The third-order valence-electron chi connectivity index (χ3n) is 5.94. The Morgan fingerprint density at radius 3 is 2.59 bits per heavy atom. The highest BCUT2D eigenvalue weighted by Crippen LogP contribution is 2.29. The van der Waals surface area contributed by atoms with Gasteiger partial charge in [-0.25, -0.2) is 4.79 Å². The van der Waals surface area contributed by atoms with Crippen molar-refractivity contribution < 1.29 is 23.9 Å². The SMILES string of the molecule is COc1ccc(C(=O)CN2C(=O)N(Cc3ccncc3)C(=O)C3NCCCC32)cc1OC. The summed E-state index contributed by atoms with van der Waals surface area (Å²) in [5, 5.41) is 3.24. The van der Waals surface area contributed by atoms with E-state index in [2.05, 4.69) is 10.3 Å². The molecular weight excluding hydrogens is 412 g/mol. The van der Waals surface area contributed by atoms with Crippen LogP contribution in [0.25, 0.3) is 0 Å². The molecule has 3 amide bonds. The molecule has 9 nitrogen and oxygen atoms in total. The average Bonchev–Trinajstić information content (AvgIpc) is 2.84. The van der Waals surface area contributed by atoms with Crippen molar-refractivity contribution in [3.8, 4) is 11.5 Å². The first-order valence-electron chi connectivity index (χ1n) is 10.5. The van der Waals surface area contributed by atoms with Crippen molar-refractivity contribution in [3.05, 3.63) is 53.9 Å². The van der Waals surface area contributed by atoms with Crippen LogP contribution in [-0.4, -0.2) is 71.9 Å². The molecule has 0 radical (unpaired) electrons. The van der Waals surface area contributed by atoms with E-state index in [0.29, 0.717) is 30.0 Å². The first-order valence-corrected chi connectivity index (χ1v) is 10.5. The van der Waals surface area contributed by atoms with Crippen LogP contribution in [0.2, 0.25) is 0 Å². The molecule has 2 atom stereocenters. The largest absolute Gasteiger partial charge is 0.493 e. The Balaban J connectivity index is 1.60. The van der Waals surface area contributed by atoms with Crippen molar-refractivity contribution in [3.63, 3.8) is 0 Å². The van der Waals surface area contributed by atoms with Gasteiger partial charge < -0.3 is 19.7 Å². The number of nitrogens with zero attached hydrogens (tertiary/aromatic N) is 3. The van der Waals surface area contributed by atoms with Crippen LogP contribution in [0.3, 0.4) is 0 Å². The van der Waals surface area contributed by atoms with Gasteiger partial charge in [-0.3, -0.25) is 19.5 Å². The number of amides is 3. The number of methoxy groups -OCH3 is 2. The number of imide groups is 1. The summed E-state index contributed by atoms with van der Waals surface area (Å²) in [7, 11) is 3.03. The zero-order valence-electron chi connectivity index (χ0n) is 18.1. The number of rotatable bonds is 7. The summed E-state index contributed by atoms with van der Waals surface area (Å²) in [6.07, 6.45) is 4.73. The van der Waals surface area contributed by atoms with Gasteiger partial charge in [0.1, 0.15) is 6.04 Å². The second-order valence-corrected chi connectivity index (χ2v) is 7.82. The summed E-state index contributed by atoms with van der Waals surface area (Å²) in [6, 6.07) is 7.10. The lowest BCUT2D eigenvalue weighted by Gasteiger charge is -2.46. The van der Waals surface area contributed by atoms with Crippen molar-refractivity contribution in [1.29, 1.82) is 0 Å². The molecule has 2 unspecified atom stereocenters. The van der Waals surface area contributed by atoms with Crippen LogP contribution in [0.15, 0.2) is 42.7 Å². The van der Waals surface area contributed by atoms with E-state index in [-0.39, 0.29) is 30.8 Å². The smallest absolute Gasteiger partial charge is 0.327 e. The third-order valence-corrected chi connectivity index (χ3v) is 5.94. The Labute approximate surface area is 186 Å². The predicted molar refractivity (Wildman–Crippen MR) is 116 cm³/mol. The molecule has 2 aliphatic heterocycles. The van der Waals surface area contributed by atoms with Gasteiger partial charge in [0, 0.05) is 18.0 Å². The van der Waals surface area contributed by atoms with Gasteiger partial charge in [-0.2, -0.15) is 0 Å². The highest BCUT2D eigenvalue weighted by atomic mass is 16.5. The van der Waals surface area contributed by atoms with Gasteiger partial charge in [0.2, 0.25) is 5.91 Å². The van der Waals surface area contributed by atoms with Crippen LogP contribution in [0.5, 0.6) is 11.5 Å². The van der Waals surface area contributed by atoms with Crippen molar-refractivity contribution in [2.75, 3.05) is 27.3 Å². The number of piperidine rings is 1. The van der Waals surface area contributed by atoms with Gasteiger partial charge >= 0.3 is 6.03 Å². The molecule has 0 saturated carbocycles. The molecule has 2 fully saturated rings. The molecule has 0 aliphatic carbocycles. The lowest BCUT2D eigenvalue weighted by Crippen LogP contribution is -2.69. The van der Waals surface area contributed by atoms with Crippen LogP contribution in [0, 0.1) is 0 Å². The number of ketones is 1. The molecule has 4 rings (SSSR count). The van der Waals surface area contributed by atoms with Crippen molar-refractivity contribution >= 4 is 17.7 Å². The molecule has 32 heavy (non-hydrogen) atoms. The van der Waals surface area contributed by atoms with Crippen LogP contribution < -0.4 is 14.8 Å². The van der Waals surface area contributed by atoms with Crippen LogP contribution in [0.4, 0.5) is 4.79 Å². The van der Waals surface area contributed by atoms with E-state index in [4.69, 9.17) is 9.47 Å². The summed E-state index contributed by atoms with van der Waals surface area (Å²) in [5.74, 6) is 0.465. The minimum Gasteiger partial charge on any atom is -0.493 e. The topological polar surface area (TPSA) is 101 Å². The lowest BCUT2D eigenvalue weighted by molar-refractivity contribution is -0.137. The van der Waals surface area contributed by atoms with E-state index in [9.17, 15) is 14.4 Å². The second kappa shape index (κ2) is 9.35. The van der Waals surface area contributed by atoms with Gasteiger partial charge in [0.05, 0.1) is 33.4 Å². The molecule has 1 N–H and O–H groups in total. The third kappa shape index (κ3) is 4.16. The first-order chi connectivity index (χ1) is 15.5. The number of carbonyl (C=O) groups excluding carboxylic acids is 3. The zero-order chi connectivity index (χ0) is 22.7. The number of hydrogen-bond acceptors (Lipinski definition) is 7. The average molecular weight is 438 g/mol. The Morgan fingerprint density at radius 2 is 1.88 bits per heavy atom. The molecule has 1 aromatic heterocycles. The van der Waals surface area contributed by atoms with E-state index in [0.717, 1.165) is 12.0 Å². The van der Waals surface area contributed by atoms with E-state index in [1.165, 1.54) is 24.0 Å². The maximum atomic E-state index is 13.4. The minimum absolute atomic E-state index is 0.128. The van der Waals surface area contributed by atoms with E-state index in [1.807, 2.05) is 0 Å². The standard InChI is InChI=1S/C23H26N4O5/c1-31-19-6-5-16(12-20(19)32-2)18(28)14-26-17-4-3-9-25-21(17)22(29)27(23(26)30)13-15-7-10-24-11-8-15/h5-8,10-12,17,21,25H,3-4,9,13-14H2,1-2H3. The molecule has 0 bridgehead atoms. The summed E-state index contributed by atoms with van der Waals surface area (Å²) in [6.45, 7) is 0.699. The number of carbonyl (C=O) groups is 3. The molecular formula is C23H26N4O5. The Hall–Kier alpha value is -3.46. The molecule has 2 aromatic rings. The fraction of sp³-hybridized carbons (Fsp3) is 0.391. The van der Waals surface area contributed by atoms with E-state index < -0.39 is 12.1 Å². The number of benzene rings is 1. The molecule has 1 aromatic carbocycles. The van der Waals surface area contributed by atoms with Gasteiger partial charge in [0.25, 0.3) is 0 Å². The summed E-state index contributed by atoms with van der Waals surface area (Å²) < 4.78 is 10.5.